The smallest absolute Gasteiger partial charge is 0.330 e. The molecule has 0 saturated heterocycles. The lowest BCUT2D eigenvalue weighted by molar-refractivity contribution is -0.0713. The van der Waals surface area contributed by atoms with Crippen molar-refractivity contribution >= 4 is 0 Å². The number of rotatable bonds is 4. The fraction of sp³-hybridized carbons (Fsp3) is 0.714. The van der Waals surface area contributed by atoms with Crippen LogP contribution in [0.4, 0.5) is 0 Å². The van der Waals surface area contributed by atoms with Gasteiger partial charge in [-0.1, -0.05) is 30.7 Å². The second-order valence-electron chi connectivity index (χ2n) is 6.45. The summed E-state index contributed by atoms with van der Waals surface area (Å²) in [5.41, 5.74) is 7.97. The first-order valence-electron chi connectivity index (χ1n) is 6.96. The van der Waals surface area contributed by atoms with Gasteiger partial charge >= 0.3 is 5.76 Å². The summed E-state index contributed by atoms with van der Waals surface area (Å²) >= 11 is 0. The molecule has 0 bridgehead atoms. The van der Waals surface area contributed by atoms with E-state index in [9.17, 15) is 4.79 Å². The molecule has 19 heavy (non-hydrogen) atoms. The van der Waals surface area contributed by atoms with Gasteiger partial charge < -0.3 is 5.73 Å². The predicted octanol–water partition coefficient (Wildman–Crippen LogP) is 1.62. The topological polar surface area (TPSA) is 84.9 Å². The number of H-pyrrole nitrogens is 1. The lowest BCUT2D eigenvalue weighted by Gasteiger charge is -2.58. The fourth-order valence-electron chi connectivity index (χ4n) is 4.35. The van der Waals surface area contributed by atoms with E-state index in [1.54, 1.807) is 0 Å². The number of hydrogen-bond donors (Lipinski definition) is 2. The summed E-state index contributed by atoms with van der Waals surface area (Å²) in [6.07, 6.45) is 6.51. The van der Waals surface area contributed by atoms with Crippen LogP contribution in [0, 0.1) is 16.7 Å². The highest BCUT2D eigenvalue weighted by atomic mass is 16.5. The van der Waals surface area contributed by atoms with Gasteiger partial charge in [0.1, 0.15) is 0 Å². The predicted molar refractivity (Wildman–Crippen MR) is 71.5 cm³/mol. The van der Waals surface area contributed by atoms with Gasteiger partial charge in [-0.2, -0.15) is 0 Å². The number of fused-ring (bicyclic) bond motifs is 1. The zero-order valence-electron chi connectivity index (χ0n) is 11.5. The molecule has 0 radical (unpaired) electrons. The second kappa shape index (κ2) is 4.07. The molecule has 3 N–H and O–H groups in total. The monoisotopic (exact) mass is 263 g/mol. The van der Waals surface area contributed by atoms with Crippen LogP contribution in [-0.2, 0) is 6.42 Å². The minimum atomic E-state index is -0.486. The van der Waals surface area contributed by atoms with Crippen molar-refractivity contribution < 1.29 is 4.52 Å². The molecular weight excluding hydrogens is 242 g/mol. The van der Waals surface area contributed by atoms with Crippen molar-refractivity contribution in [1.29, 1.82) is 0 Å². The van der Waals surface area contributed by atoms with Crippen molar-refractivity contribution in [2.75, 3.05) is 6.54 Å². The number of nitrogens with two attached hydrogens (primary N) is 1. The molecular formula is C14H21N3O2. The first kappa shape index (κ1) is 12.7. The quantitative estimate of drug-likeness (QED) is 0.808. The molecule has 0 aromatic carbocycles. The molecule has 0 aliphatic heterocycles. The molecule has 1 aromatic rings. The molecule has 2 aliphatic rings. The van der Waals surface area contributed by atoms with Gasteiger partial charge in [0.15, 0.2) is 5.82 Å². The van der Waals surface area contributed by atoms with Crippen LogP contribution in [0.2, 0.25) is 0 Å². The molecule has 1 aromatic heterocycles. The lowest BCUT2D eigenvalue weighted by Crippen LogP contribution is -2.57. The van der Waals surface area contributed by atoms with E-state index in [-0.39, 0.29) is 5.41 Å². The van der Waals surface area contributed by atoms with Crippen molar-refractivity contribution in [3.63, 3.8) is 0 Å². The van der Waals surface area contributed by atoms with Crippen LogP contribution < -0.4 is 11.5 Å². The third kappa shape index (κ3) is 1.79. The Balaban J connectivity index is 1.86. The van der Waals surface area contributed by atoms with Crippen molar-refractivity contribution in [3.05, 3.63) is 28.0 Å². The maximum Gasteiger partial charge on any atom is 0.438 e. The average Bonchev–Trinajstić information content (AvgIpc) is 2.89. The lowest BCUT2D eigenvalue weighted by atomic mass is 9.46. The highest BCUT2D eigenvalue weighted by molar-refractivity contribution is 5.28. The van der Waals surface area contributed by atoms with E-state index >= 15 is 0 Å². The van der Waals surface area contributed by atoms with Gasteiger partial charge in [-0.3, -0.25) is 9.51 Å². The maximum atomic E-state index is 11.0. The summed E-state index contributed by atoms with van der Waals surface area (Å²) in [7, 11) is 0. The highest BCUT2D eigenvalue weighted by Crippen LogP contribution is 2.66. The first-order chi connectivity index (χ1) is 9.01. The third-order valence-corrected chi connectivity index (χ3v) is 5.06. The zero-order chi connectivity index (χ0) is 13.7. The summed E-state index contributed by atoms with van der Waals surface area (Å²) in [6, 6.07) is 0. The Bertz CT molecular complexity index is 573. The van der Waals surface area contributed by atoms with E-state index in [0.717, 1.165) is 12.8 Å². The van der Waals surface area contributed by atoms with Crippen LogP contribution in [0.1, 0.15) is 38.9 Å². The van der Waals surface area contributed by atoms with Crippen LogP contribution in [0.5, 0.6) is 0 Å². The van der Waals surface area contributed by atoms with E-state index in [2.05, 4.69) is 34.6 Å². The zero-order valence-corrected chi connectivity index (χ0v) is 11.5. The standard InChI is InChI=1S/C14H21N3O2/c1-3-9-4-10-13(2,5-9)7-14(10,8-15)6-11-16-12(18)19-17-11/h4,10H,3,5-8,15H2,1-2H3,(H,16,17,18)/t10-,13-,14+/m1/s1. The summed E-state index contributed by atoms with van der Waals surface area (Å²) < 4.78 is 4.58. The number of nitrogens with one attached hydrogen (secondary N) is 1. The second-order valence-corrected chi connectivity index (χ2v) is 6.45. The van der Waals surface area contributed by atoms with Gasteiger partial charge in [0.25, 0.3) is 0 Å². The molecule has 1 saturated carbocycles. The van der Waals surface area contributed by atoms with Crippen LogP contribution in [0.3, 0.4) is 0 Å². The SMILES string of the molecule is CCC1=C[C@@H]2[C@](C)(C1)C[C@]2(CN)Cc1noc(=O)[nH]1. The Morgan fingerprint density at radius 2 is 2.42 bits per heavy atom. The Morgan fingerprint density at radius 3 is 3.00 bits per heavy atom. The van der Waals surface area contributed by atoms with E-state index < -0.39 is 5.76 Å². The van der Waals surface area contributed by atoms with Crippen molar-refractivity contribution in [1.82, 2.24) is 10.1 Å². The number of allylic oxidation sites excluding steroid dienone is 2. The molecule has 104 valence electrons. The largest absolute Gasteiger partial charge is 0.438 e. The van der Waals surface area contributed by atoms with Gasteiger partial charge in [-0.15, -0.1) is 0 Å². The highest BCUT2D eigenvalue weighted by Gasteiger charge is 2.61. The normalized spacial score (nSPS) is 36.8. The third-order valence-electron chi connectivity index (χ3n) is 5.06. The Labute approximate surface area is 112 Å². The summed E-state index contributed by atoms with van der Waals surface area (Å²) in [5.74, 6) is 0.636. The van der Waals surface area contributed by atoms with Gasteiger partial charge in [-0.05, 0) is 42.6 Å². The minimum Gasteiger partial charge on any atom is -0.330 e. The van der Waals surface area contributed by atoms with Crippen LogP contribution in [0.25, 0.3) is 0 Å². The molecule has 1 heterocycles. The van der Waals surface area contributed by atoms with E-state index in [0.29, 0.717) is 30.1 Å². The minimum absolute atomic E-state index is 0.0332. The first-order valence-corrected chi connectivity index (χ1v) is 6.96. The molecule has 5 heteroatoms. The van der Waals surface area contributed by atoms with Crippen LogP contribution in [0.15, 0.2) is 21.0 Å². The molecule has 0 unspecified atom stereocenters. The fourth-order valence-corrected chi connectivity index (χ4v) is 4.35. The van der Waals surface area contributed by atoms with Crippen molar-refractivity contribution in [2.45, 2.75) is 39.5 Å². The maximum absolute atomic E-state index is 11.0. The number of hydrogen-bond acceptors (Lipinski definition) is 4. The van der Waals surface area contributed by atoms with E-state index in [4.69, 9.17) is 5.73 Å². The van der Waals surface area contributed by atoms with Gasteiger partial charge in [-0.25, -0.2) is 4.79 Å². The van der Waals surface area contributed by atoms with E-state index in [1.807, 2.05) is 0 Å². The van der Waals surface area contributed by atoms with Crippen molar-refractivity contribution in [2.24, 2.45) is 22.5 Å². The summed E-state index contributed by atoms with van der Waals surface area (Å²) in [4.78, 5) is 13.7. The number of aromatic amines is 1. The van der Waals surface area contributed by atoms with Gasteiger partial charge in [0.05, 0.1) is 0 Å². The Kier molecular flexibility index (Phi) is 2.71. The molecule has 5 nitrogen and oxygen atoms in total. The van der Waals surface area contributed by atoms with Crippen molar-refractivity contribution in [3.8, 4) is 0 Å². The molecule has 0 amide bonds. The number of nitrogens with zero attached hydrogens (tertiary/aromatic N) is 1. The summed E-state index contributed by atoms with van der Waals surface area (Å²) in [5, 5.41) is 3.79. The molecule has 0 spiro atoms. The Hall–Kier alpha value is -1.36. The van der Waals surface area contributed by atoms with Gasteiger partial charge in [0.2, 0.25) is 0 Å². The average molecular weight is 263 g/mol. The van der Waals surface area contributed by atoms with Crippen LogP contribution in [-0.4, -0.2) is 16.7 Å². The van der Waals surface area contributed by atoms with Gasteiger partial charge in [0, 0.05) is 6.42 Å². The Morgan fingerprint density at radius 1 is 1.63 bits per heavy atom. The molecule has 3 rings (SSSR count). The number of aromatic nitrogens is 2. The molecule has 3 atom stereocenters. The summed E-state index contributed by atoms with van der Waals surface area (Å²) in [6.45, 7) is 5.17. The van der Waals surface area contributed by atoms with Crippen LogP contribution >= 0.6 is 0 Å². The molecule has 2 aliphatic carbocycles. The van der Waals surface area contributed by atoms with E-state index in [1.165, 1.54) is 12.0 Å². The molecule has 1 fully saturated rings.